The van der Waals surface area contributed by atoms with Gasteiger partial charge in [-0.1, -0.05) is 18.2 Å². The molecule has 3 heterocycles. The van der Waals surface area contributed by atoms with Gasteiger partial charge in [-0.3, -0.25) is 0 Å². The van der Waals surface area contributed by atoms with Crippen molar-refractivity contribution in [2.75, 3.05) is 26.2 Å². The maximum absolute atomic E-state index is 5.87. The van der Waals surface area contributed by atoms with Gasteiger partial charge in [0.15, 0.2) is 0 Å². The molecule has 3 aliphatic heterocycles. The summed E-state index contributed by atoms with van der Waals surface area (Å²) in [5.41, 5.74) is 0. The smallest absolute Gasteiger partial charge is 0.119 e. The van der Waals surface area contributed by atoms with E-state index in [0.29, 0.717) is 0 Å². The first-order valence-corrected chi connectivity index (χ1v) is 6.32. The average Bonchev–Trinajstić information content (AvgIpc) is 2.39. The quantitative estimate of drug-likeness (QED) is 0.771. The molecule has 2 nitrogen and oxygen atoms in total. The van der Waals surface area contributed by atoms with Gasteiger partial charge >= 0.3 is 0 Å². The lowest BCUT2D eigenvalue weighted by Gasteiger charge is -2.44. The zero-order valence-corrected chi connectivity index (χ0v) is 9.64. The van der Waals surface area contributed by atoms with Crippen LogP contribution in [0.5, 0.6) is 5.75 Å². The Morgan fingerprint density at radius 3 is 2.50 bits per heavy atom. The molecule has 0 N–H and O–H groups in total. The molecule has 86 valence electrons. The molecule has 3 fully saturated rings. The van der Waals surface area contributed by atoms with Crippen LogP contribution in [-0.2, 0) is 0 Å². The van der Waals surface area contributed by atoms with E-state index in [9.17, 15) is 0 Å². The molecule has 3 saturated heterocycles. The molecule has 3 aliphatic rings. The number of hydrogen-bond donors (Lipinski definition) is 0. The Labute approximate surface area is 97.2 Å². The van der Waals surface area contributed by atoms with Crippen molar-refractivity contribution in [1.82, 2.24) is 4.90 Å². The number of hydrogen-bond acceptors (Lipinski definition) is 2. The third-order valence-electron chi connectivity index (χ3n) is 4.00. The Hall–Kier alpha value is -1.02. The largest absolute Gasteiger partial charge is 0.493 e. The molecule has 0 aliphatic carbocycles. The standard InChI is InChI=1S/C14H19NO/c1-2-4-14(5-3-1)16-11-13-10-15-8-6-12(13)7-9-15/h1-5,12-13H,6-11H2/t13-/m0/s1. The molecule has 0 unspecified atom stereocenters. The van der Waals surface area contributed by atoms with Gasteiger partial charge in [0.05, 0.1) is 6.61 Å². The van der Waals surface area contributed by atoms with Gasteiger partial charge in [0.2, 0.25) is 0 Å². The van der Waals surface area contributed by atoms with E-state index in [4.69, 9.17) is 4.74 Å². The number of fused-ring (bicyclic) bond motifs is 3. The van der Waals surface area contributed by atoms with Crippen molar-refractivity contribution in [3.05, 3.63) is 30.3 Å². The molecule has 0 saturated carbocycles. The number of rotatable bonds is 3. The van der Waals surface area contributed by atoms with Crippen molar-refractivity contribution in [3.63, 3.8) is 0 Å². The molecular formula is C14H19NO. The van der Waals surface area contributed by atoms with E-state index in [1.807, 2.05) is 30.3 Å². The van der Waals surface area contributed by atoms with Gasteiger partial charge in [-0.15, -0.1) is 0 Å². The Bertz CT molecular complexity index is 330. The van der Waals surface area contributed by atoms with Crippen LogP contribution in [0.3, 0.4) is 0 Å². The summed E-state index contributed by atoms with van der Waals surface area (Å²) in [7, 11) is 0. The maximum atomic E-state index is 5.87. The monoisotopic (exact) mass is 217 g/mol. The van der Waals surface area contributed by atoms with Crippen LogP contribution in [0.25, 0.3) is 0 Å². The minimum absolute atomic E-state index is 0.753. The first kappa shape index (κ1) is 10.2. The van der Waals surface area contributed by atoms with Crippen LogP contribution in [0.2, 0.25) is 0 Å². The van der Waals surface area contributed by atoms with Gasteiger partial charge in [0.1, 0.15) is 5.75 Å². The highest BCUT2D eigenvalue weighted by Crippen LogP contribution is 2.32. The Morgan fingerprint density at radius 1 is 1.12 bits per heavy atom. The number of piperidine rings is 3. The Kier molecular flexibility index (Phi) is 2.83. The topological polar surface area (TPSA) is 12.5 Å². The van der Waals surface area contributed by atoms with E-state index < -0.39 is 0 Å². The zero-order valence-electron chi connectivity index (χ0n) is 9.64. The van der Waals surface area contributed by atoms with Crippen molar-refractivity contribution in [1.29, 1.82) is 0 Å². The van der Waals surface area contributed by atoms with Gasteiger partial charge in [-0.25, -0.2) is 0 Å². The van der Waals surface area contributed by atoms with E-state index in [-0.39, 0.29) is 0 Å². The third kappa shape index (κ3) is 2.07. The summed E-state index contributed by atoms with van der Waals surface area (Å²) in [5, 5.41) is 0. The van der Waals surface area contributed by atoms with Crippen LogP contribution in [0.15, 0.2) is 30.3 Å². The first-order chi connectivity index (χ1) is 7.92. The number of benzene rings is 1. The second kappa shape index (κ2) is 4.46. The summed E-state index contributed by atoms with van der Waals surface area (Å²) in [6.07, 6.45) is 2.76. The molecular weight excluding hydrogens is 198 g/mol. The Balaban J connectivity index is 1.56. The fourth-order valence-corrected chi connectivity index (χ4v) is 3.00. The summed E-state index contributed by atoms with van der Waals surface area (Å²) >= 11 is 0. The molecule has 16 heavy (non-hydrogen) atoms. The average molecular weight is 217 g/mol. The SMILES string of the molecule is c1ccc(OC[C@@H]2CN3CCC2CC3)cc1. The van der Waals surface area contributed by atoms with Crippen LogP contribution in [0.4, 0.5) is 0 Å². The molecule has 4 rings (SSSR count). The molecule has 0 amide bonds. The fraction of sp³-hybridized carbons (Fsp3) is 0.571. The van der Waals surface area contributed by atoms with Gasteiger partial charge in [-0.2, -0.15) is 0 Å². The third-order valence-corrected chi connectivity index (χ3v) is 4.00. The predicted octanol–water partition coefficient (Wildman–Crippen LogP) is 2.41. The van der Waals surface area contributed by atoms with Crippen LogP contribution in [-0.4, -0.2) is 31.1 Å². The van der Waals surface area contributed by atoms with Crippen LogP contribution in [0, 0.1) is 11.8 Å². The van der Waals surface area contributed by atoms with Crippen LogP contribution in [0.1, 0.15) is 12.8 Å². The molecule has 1 atom stereocenters. The lowest BCUT2D eigenvalue weighted by Crippen LogP contribution is -2.49. The van der Waals surface area contributed by atoms with Crippen molar-refractivity contribution in [2.45, 2.75) is 12.8 Å². The van der Waals surface area contributed by atoms with Gasteiger partial charge < -0.3 is 9.64 Å². The number of para-hydroxylation sites is 1. The highest BCUT2D eigenvalue weighted by Gasteiger charge is 2.34. The number of nitrogens with zero attached hydrogens (tertiary/aromatic N) is 1. The lowest BCUT2D eigenvalue weighted by molar-refractivity contribution is 0.0257. The highest BCUT2D eigenvalue weighted by molar-refractivity contribution is 5.20. The molecule has 2 heteroatoms. The first-order valence-electron chi connectivity index (χ1n) is 6.32. The van der Waals surface area contributed by atoms with Gasteiger partial charge in [0.25, 0.3) is 0 Å². The second-order valence-corrected chi connectivity index (χ2v) is 5.02. The molecule has 1 aromatic carbocycles. The van der Waals surface area contributed by atoms with Gasteiger partial charge in [-0.05, 0) is 44.0 Å². The normalized spacial score (nSPS) is 32.6. The van der Waals surface area contributed by atoms with E-state index in [1.165, 1.54) is 32.5 Å². The highest BCUT2D eigenvalue weighted by atomic mass is 16.5. The van der Waals surface area contributed by atoms with E-state index >= 15 is 0 Å². The predicted molar refractivity (Wildman–Crippen MR) is 64.6 cm³/mol. The molecule has 0 aromatic heterocycles. The molecule has 0 radical (unpaired) electrons. The summed E-state index contributed by atoms with van der Waals surface area (Å²) in [6, 6.07) is 10.2. The lowest BCUT2D eigenvalue weighted by atomic mass is 9.79. The van der Waals surface area contributed by atoms with Crippen molar-refractivity contribution in [2.24, 2.45) is 11.8 Å². The Morgan fingerprint density at radius 2 is 1.88 bits per heavy atom. The summed E-state index contributed by atoms with van der Waals surface area (Å²) in [5.74, 6) is 2.68. The van der Waals surface area contributed by atoms with Crippen LogP contribution < -0.4 is 4.74 Å². The molecule has 0 spiro atoms. The van der Waals surface area contributed by atoms with E-state index in [1.54, 1.807) is 0 Å². The van der Waals surface area contributed by atoms with Crippen molar-refractivity contribution >= 4 is 0 Å². The summed E-state index contributed by atoms with van der Waals surface area (Å²) in [4.78, 5) is 2.58. The molecule has 1 aromatic rings. The van der Waals surface area contributed by atoms with E-state index in [2.05, 4.69) is 4.90 Å². The second-order valence-electron chi connectivity index (χ2n) is 5.02. The van der Waals surface area contributed by atoms with Crippen molar-refractivity contribution in [3.8, 4) is 5.75 Å². The zero-order chi connectivity index (χ0) is 10.8. The minimum Gasteiger partial charge on any atom is -0.493 e. The van der Waals surface area contributed by atoms with E-state index in [0.717, 1.165) is 24.2 Å². The maximum Gasteiger partial charge on any atom is 0.119 e. The molecule has 2 bridgehead atoms. The van der Waals surface area contributed by atoms with Crippen molar-refractivity contribution < 1.29 is 4.74 Å². The summed E-state index contributed by atoms with van der Waals surface area (Å²) < 4.78 is 5.87. The minimum atomic E-state index is 0.753. The number of ether oxygens (including phenoxy) is 1. The fourth-order valence-electron chi connectivity index (χ4n) is 3.00. The van der Waals surface area contributed by atoms with Gasteiger partial charge in [0, 0.05) is 12.5 Å². The van der Waals surface area contributed by atoms with Crippen LogP contribution >= 0.6 is 0 Å². The summed E-state index contributed by atoms with van der Waals surface area (Å²) in [6.45, 7) is 4.77.